The van der Waals surface area contributed by atoms with E-state index < -0.39 is 0 Å². The highest BCUT2D eigenvalue weighted by molar-refractivity contribution is 5.35. The maximum atomic E-state index is 8.81. The van der Waals surface area contributed by atoms with Crippen LogP contribution in [0, 0.1) is 16.7 Å². The first-order chi connectivity index (χ1) is 8.59. The van der Waals surface area contributed by atoms with Crippen molar-refractivity contribution >= 4 is 0 Å². The standard InChI is InChI=1S/C17H19N/c1-17(2)12-15(8-9-18)11-16(13-17)10-14-6-4-3-5-7-14/h3-8,11H,10,12-13H2,1-2H3/b15-8+. The van der Waals surface area contributed by atoms with E-state index in [-0.39, 0.29) is 5.41 Å². The van der Waals surface area contributed by atoms with Crippen molar-refractivity contribution in [3.63, 3.8) is 0 Å². The molecule has 0 spiro atoms. The van der Waals surface area contributed by atoms with Crippen LogP contribution in [-0.2, 0) is 6.42 Å². The van der Waals surface area contributed by atoms with Gasteiger partial charge >= 0.3 is 0 Å². The van der Waals surface area contributed by atoms with E-state index in [0.717, 1.165) is 19.3 Å². The molecule has 1 aliphatic carbocycles. The smallest absolute Gasteiger partial charge is 0.0914 e. The Labute approximate surface area is 109 Å². The fourth-order valence-corrected chi connectivity index (χ4v) is 2.74. The van der Waals surface area contributed by atoms with Crippen LogP contribution in [0.3, 0.4) is 0 Å². The van der Waals surface area contributed by atoms with Gasteiger partial charge in [-0.3, -0.25) is 0 Å². The van der Waals surface area contributed by atoms with Crippen LogP contribution < -0.4 is 0 Å². The lowest BCUT2D eigenvalue weighted by molar-refractivity contribution is 0.349. The fraction of sp³-hybridized carbons (Fsp3) is 0.353. The Morgan fingerprint density at radius 1 is 1.22 bits per heavy atom. The highest BCUT2D eigenvalue weighted by Gasteiger charge is 2.25. The summed E-state index contributed by atoms with van der Waals surface area (Å²) in [5.41, 5.74) is 4.21. The van der Waals surface area contributed by atoms with Gasteiger partial charge in [-0.1, -0.05) is 55.8 Å². The van der Waals surface area contributed by atoms with E-state index in [4.69, 9.17) is 5.26 Å². The number of hydrogen-bond acceptors (Lipinski definition) is 1. The lowest BCUT2D eigenvalue weighted by Gasteiger charge is -2.31. The molecule has 2 rings (SSSR count). The molecule has 0 aromatic heterocycles. The zero-order valence-corrected chi connectivity index (χ0v) is 11.1. The minimum atomic E-state index is 0.265. The summed E-state index contributed by atoms with van der Waals surface area (Å²) >= 11 is 0. The lowest BCUT2D eigenvalue weighted by Crippen LogP contribution is -2.18. The topological polar surface area (TPSA) is 23.8 Å². The maximum Gasteiger partial charge on any atom is 0.0914 e. The van der Waals surface area contributed by atoms with Crippen LogP contribution in [0.25, 0.3) is 0 Å². The van der Waals surface area contributed by atoms with Gasteiger partial charge in [0.05, 0.1) is 6.07 Å². The van der Waals surface area contributed by atoms with Gasteiger partial charge in [0.1, 0.15) is 0 Å². The molecule has 1 heteroatoms. The molecule has 0 aliphatic heterocycles. The van der Waals surface area contributed by atoms with Gasteiger partial charge in [0, 0.05) is 6.08 Å². The van der Waals surface area contributed by atoms with Crippen molar-refractivity contribution < 1.29 is 0 Å². The molecule has 0 saturated heterocycles. The predicted octanol–water partition coefficient (Wildman–Crippen LogP) is 4.43. The van der Waals surface area contributed by atoms with Crippen LogP contribution >= 0.6 is 0 Å². The quantitative estimate of drug-likeness (QED) is 0.698. The molecule has 0 bridgehead atoms. The number of nitriles is 1. The zero-order valence-electron chi connectivity index (χ0n) is 11.1. The summed E-state index contributed by atoms with van der Waals surface area (Å²) in [6.07, 6.45) is 7.00. The third-order valence-electron chi connectivity index (χ3n) is 3.30. The van der Waals surface area contributed by atoms with Crippen LogP contribution in [0.2, 0.25) is 0 Å². The molecule has 1 nitrogen and oxygen atoms in total. The molecule has 0 unspecified atom stereocenters. The molecule has 0 fully saturated rings. The maximum absolute atomic E-state index is 8.81. The van der Waals surface area contributed by atoms with Gasteiger partial charge in [0.2, 0.25) is 0 Å². The first-order valence-electron chi connectivity index (χ1n) is 6.41. The van der Waals surface area contributed by atoms with Gasteiger partial charge in [-0.25, -0.2) is 0 Å². The second-order valence-electron chi connectivity index (χ2n) is 5.83. The average molecular weight is 237 g/mol. The number of rotatable bonds is 2. The summed E-state index contributed by atoms with van der Waals surface area (Å²) in [6.45, 7) is 4.55. The normalized spacial score (nSPS) is 20.3. The van der Waals surface area contributed by atoms with Crippen LogP contribution in [0.15, 0.2) is 53.6 Å². The molecule has 0 radical (unpaired) electrons. The molecule has 1 aromatic rings. The summed E-state index contributed by atoms with van der Waals surface area (Å²) in [6, 6.07) is 12.7. The Balaban J connectivity index is 2.22. The molecule has 1 aliphatic rings. The monoisotopic (exact) mass is 237 g/mol. The second-order valence-corrected chi connectivity index (χ2v) is 5.83. The molecule has 0 N–H and O–H groups in total. The second kappa shape index (κ2) is 5.23. The van der Waals surface area contributed by atoms with Gasteiger partial charge in [0.25, 0.3) is 0 Å². The summed E-state index contributed by atoms with van der Waals surface area (Å²) in [5, 5.41) is 8.81. The Kier molecular flexibility index (Phi) is 3.67. The van der Waals surface area contributed by atoms with Crippen molar-refractivity contribution in [3.8, 4) is 6.07 Å². The van der Waals surface area contributed by atoms with Crippen molar-refractivity contribution in [1.82, 2.24) is 0 Å². The van der Waals surface area contributed by atoms with Crippen molar-refractivity contribution in [2.45, 2.75) is 33.1 Å². The Hall–Kier alpha value is -1.81. The summed E-state index contributed by atoms with van der Waals surface area (Å²) < 4.78 is 0. The van der Waals surface area contributed by atoms with Crippen LogP contribution in [0.5, 0.6) is 0 Å². The largest absolute Gasteiger partial charge is 0.193 e. The summed E-state index contributed by atoms with van der Waals surface area (Å²) in [5.74, 6) is 0. The minimum Gasteiger partial charge on any atom is -0.193 e. The Morgan fingerprint density at radius 2 is 1.94 bits per heavy atom. The van der Waals surface area contributed by atoms with Crippen LogP contribution in [-0.4, -0.2) is 0 Å². The van der Waals surface area contributed by atoms with Crippen molar-refractivity contribution in [1.29, 1.82) is 5.26 Å². The first-order valence-corrected chi connectivity index (χ1v) is 6.41. The summed E-state index contributed by atoms with van der Waals surface area (Å²) in [7, 11) is 0. The van der Waals surface area contributed by atoms with Gasteiger partial charge in [-0.05, 0) is 35.8 Å². The zero-order chi connectivity index (χ0) is 13.0. The number of hydrogen-bond donors (Lipinski definition) is 0. The number of benzene rings is 1. The van der Waals surface area contributed by atoms with Gasteiger partial charge in [-0.2, -0.15) is 5.26 Å². The fourth-order valence-electron chi connectivity index (χ4n) is 2.74. The van der Waals surface area contributed by atoms with Crippen LogP contribution in [0.4, 0.5) is 0 Å². The van der Waals surface area contributed by atoms with E-state index in [1.54, 1.807) is 6.08 Å². The number of allylic oxidation sites excluding steroid dienone is 4. The van der Waals surface area contributed by atoms with E-state index >= 15 is 0 Å². The van der Waals surface area contributed by atoms with Crippen molar-refractivity contribution in [2.75, 3.05) is 0 Å². The number of nitrogens with zero attached hydrogens (tertiary/aromatic N) is 1. The molecule has 0 heterocycles. The molecular formula is C17H19N. The SMILES string of the molecule is CC1(C)CC(Cc2ccccc2)=C/C(=C\C#N)C1. The summed E-state index contributed by atoms with van der Waals surface area (Å²) in [4.78, 5) is 0. The third-order valence-corrected chi connectivity index (χ3v) is 3.30. The van der Waals surface area contributed by atoms with Crippen LogP contribution in [0.1, 0.15) is 32.3 Å². The average Bonchev–Trinajstić information content (AvgIpc) is 2.28. The van der Waals surface area contributed by atoms with Crippen molar-refractivity contribution in [2.24, 2.45) is 5.41 Å². The molecule has 0 saturated carbocycles. The van der Waals surface area contributed by atoms with E-state index in [1.165, 1.54) is 16.7 Å². The Morgan fingerprint density at radius 3 is 2.61 bits per heavy atom. The molecular weight excluding hydrogens is 218 g/mol. The minimum absolute atomic E-state index is 0.265. The van der Waals surface area contributed by atoms with Crippen molar-refractivity contribution in [3.05, 3.63) is 59.2 Å². The third kappa shape index (κ3) is 3.34. The van der Waals surface area contributed by atoms with E-state index in [2.05, 4.69) is 50.3 Å². The highest BCUT2D eigenvalue weighted by atomic mass is 14.3. The van der Waals surface area contributed by atoms with Gasteiger partial charge in [-0.15, -0.1) is 0 Å². The molecule has 0 atom stereocenters. The lowest BCUT2D eigenvalue weighted by atomic mass is 9.74. The Bertz CT molecular complexity index is 512. The van der Waals surface area contributed by atoms with E-state index in [0.29, 0.717) is 0 Å². The predicted molar refractivity (Wildman–Crippen MR) is 74.9 cm³/mol. The molecule has 92 valence electrons. The molecule has 1 aromatic carbocycles. The molecule has 0 amide bonds. The van der Waals surface area contributed by atoms with E-state index in [9.17, 15) is 0 Å². The van der Waals surface area contributed by atoms with Gasteiger partial charge in [0.15, 0.2) is 0 Å². The van der Waals surface area contributed by atoms with Gasteiger partial charge < -0.3 is 0 Å². The first kappa shape index (κ1) is 12.6. The molecule has 18 heavy (non-hydrogen) atoms. The van der Waals surface area contributed by atoms with E-state index in [1.807, 2.05) is 6.07 Å². The highest BCUT2D eigenvalue weighted by Crippen LogP contribution is 2.38.